The number of hydrogen-bond acceptors (Lipinski definition) is 5. The van der Waals surface area contributed by atoms with Gasteiger partial charge in [-0.05, 0) is 23.3 Å². The van der Waals surface area contributed by atoms with Crippen LogP contribution >= 0.6 is 0 Å². The van der Waals surface area contributed by atoms with E-state index in [-0.39, 0.29) is 34.4 Å². The van der Waals surface area contributed by atoms with Gasteiger partial charge in [0.1, 0.15) is 11.3 Å². The van der Waals surface area contributed by atoms with Gasteiger partial charge in [0, 0.05) is 39.3 Å². The van der Waals surface area contributed by atoms with E-state index < -0.39 is 22.9 Å². The Morgan fingerprint density at radius 1 is 0.806 bits per heavy atom. The van der Waals surface area contributed by atoms with Crippen LogP contribution in [0.3, 0.4) is 0 Å². The largest absolute Gasteiger partial charge is 0.507 e. The van der Waals surface area contributed by atoms with Crippen molar-refractivity contribution in [1.82, 2.24) is 9.80 Å². The summed E-state index contributed by atoms with van der Waals surface area (Å²) in [6.07, 6.45) is -4.88. The van der Waals surface area contributed by atoms with Crippen LogP contribution in [0.2, 0.25) is 0 Å². The molecule has 1 aromatic heterocycles. The average Bonchev–Trinajstić information content (AvgIpc) is 2.87. The van der Waals surface area contributed by atoms with Crippen LogP contribution in [0.4, 0.5) is 13.2 Å². The molecular weight excluding hydrogens is 469 g/mol. The van der Waals surface area contributed by atoms with Crippen LogP contribution in [0.5, 0.6) is 5.75 Å². The molecule has 0 amide bonds. The van der Waals surface area contributed by atoms with E-state index in [1.807, 2.05) is 23.1 Å². The molecule has 0 bridgehead atoms. The van der Waals surface area contributed by atoms with Gasteiger partial charge in [0.15, 0.2) is 0 Å². The van der Waals surface area contributed by atoms with Crippen LogP contribution in [0.25, 0.3) is 22.1 Å². The zero-order chi connectivity index (χ0) is 25.3. The van der Waals surface area contributed by atoms with E-state index in [4.69, 9.17) is 4.42 Å². The van der Waals surface area contributed by atoms with E-state index in [1.165, 1.54) is 29.8 Å². The second-order valence-corrected chi connectivity index (χ2v) is 8.98. The van der Waals surface area contributed by atoms with Crippen molar-refractivity contribution in [3.63, 3.8) is 0 Å². The maximum absolute atomic E-state index is 14.0. The minimum absolute atomic E-state index is 0.0115. The Hall–Kier alpha value is -3.62. The van der Waals surface area contributed by atoms with Gasteiger partial charge >= 0.3 is 6.18 Å². The minimum Gasteiger partial charge on any atom is -0.507 e. The molecule has 1 aliphatic rings. The number of nitrogens with zero attached hydrogens (tertiary/aromatic N) is 2. The summed E-state index contributed by atoms with van der Waals surface area (Å²) in [4.78, 5) is 17.7. The summed E-state index contributed by atoms with van der Waals surface area (Å²) in [5.41, 5.74) is 0.00775. The van der Waals surface area contributed by atoms with Crippen LogP contribution in [-0.4, -0.2) is 41.1 Å². The third kappa shape index (κ3) is 4.87. The molecule has 1 aliphatic heterocycles. The Kier molecular flexibility index (Phi) is 6.55. The standard InChI is InChI=1S/C28H25F3N2O3/c29-28(30,31)27-24(20-9-5-2-6-10-20)25(35)21-11-12-23(34)22(26(21)36-27)18-33-15-13-32(14-16-33)17-19-7-3-1-4-8-19/h1-12,34H,13-18H2. The molecule has 0 aliphatic carbocycles. The monoisotopic (exact) mass is 494 g/mol. The molecule has 186 valence electrons. The summed E-state index contributed by atoms with van der Waals surface area (Å²) in [6.45, 7) is 3.88. The lowest BCUT2D eigenvalue weighted by atomic mass is 10.00. The number of aromatic hydroxyl groups is 1. The first-order valence-corrected chi connectivity index (χ1v) is 11.7. The van der Waals surface area contributed by atoms with Gasteiger partial charge in [0.05, 0.1) is 16.5 Å². The highest BCUT2D eigenvalue weighted by Gasteiger charge is 2.40. The number of hydrogen-bond donors (Lipinski definition) is 1. The summed E-state index contributed by atoms with van der Waals surface area (Å²) >= 11 is 0. The zero-order valence-electron chi connectivity index (χ0n) is 19.5. The SMILES string of the molecule is O=c1c(-c2ccccc2)c(C(F)(F)F)oc2c(CN3CCN(Cc4ccccc4)CC3)c(O)ccc12. The number of phenolic OH excluding ortho intramolecular Hbond substituents is 1. The molecule has 0 spiro atoms. The average molecular weight is 495 g/mol. The fraction of sp³-hybridized carbons (Fsp3) is 0.250. The Morgan fingerprint density at radius 3 is 2.00 bits per heavy atom. The molecule has 1 fully saturated rings. The number of alkyl halides is 3. The minimum atomic E-state index is -4.88. The molecule has 1 saturated heterocycles. The quantitative estimate of drug-likeness (QED) is 0.397. The van der Waals surface area contributed by atoms with Gasteiger partial charge in [-0.15, -0.1) is 0 Å². The summed E-state index contributed by atoms with van der Waals surface area (Å²) in [5, 5.41) is 10.6. The lowest BCUT2D eigenvalue weighted by Gasteiger charge is -2.34. The Labute approximate surface area is 206 Å². The van der Waals surface area contributed by atoms with Gasteiger partial charge in [-0.1, -0.05) is 60.7 Å². The lowest BCUT2D eigenvalue weighted by Crippen LogP contribution is -2.45. The predicted molar refractivity (Wildman–Crippen MR) is 132 cm³/mol. The summed E-state index contributed by atoms with van der Waals surface area (Å²) in [5.74, 6) is -1.55. The predicted octanol–water partition coefficient (Wildman–Crippen LogP) is 5.50. The van der Waals surface area contributed by atoms with Crippen molar-refractivity contribution < 1.29 is 22.7 Å². The molecule has 0 saturated carbocycles. The third-order valence-electron chi connectivity index (χ3n) is 6.55. The highest BCUT2D eigenvalue weighted by atomic mass is 19.4. The number of fused-ring (bicyclic) bond motifs is 1. The van der Waals surface area contributed by atoms with Crippen molar-refractivity contribution in [3.05, 3.63) is 99.9 Å². The second-order valence-electron chi connectivity index (χ2n) is 8.98. The van der Waals surface area contributed by atoms with Gasteiger partial charge in [0.2, 0.25) is 11.2 Å². The molecule has 2 heterocycles. The molecule has 8 heteroatoms. The van der Waals surface area contributed by atoms with Gasteiger partial charge in [-0.25, -0.2) is 0 Å². The number of benzene rings is 3. The lowest BCUT2D eigenvalue weighted by molar-refractivity contribution is -0.152. The van der Waals surface area contributed by atoms with Crippen molar-refractivity contribution in [2.75, 3.05) is 26.2 Å². The van der Waals surface area contributed by atoms with E-state index >= 15 is 0 Å². The van der Waals surface area contributed by atoms with Gasteiger partial charge in [-0.2, -0.15) is 13.2 Å². The molecule has 5 nitrogen and oxygen atoms in total. The van der Waals surface area contributed by atoms with Crippen LogP contribution in [0, 0.1) is 0 Å². The van der Waals surface area contributed by atoms with E-state index in [1.54, 1.807) is 18.2 Å². The summed E-state index contributed by atoms with van der Waals surface area (Å²) in [6, 6.07) is 20.5. The highest BCUT2D eigenvalue weighted by molar-refractivity contribution is 5.86. The Bertz CT molecular complexity index is 1410. The number of rotatable bonds is 5. The Morgan fingerprint density at radius 2 is 1.39 bits per heavy atom. The van der Waals surface area contributed by atoms with Crippen LogP contribution in [-0.2, 0) is 19.3 Å². The van der Waals surface area contributed by atoms with E-state index in [9.17, 15) is 23.1 Å². The molecule has 36 heavy (non-hydrogen) atoms. The third-order valence-corrected chi connectivity index (χ3v) is 6.55. The van der Waals surface area contributed by atoms with Gasteiger partial charge in [-0.3, -0.25) is 14.6 Å². The molecule has 1 N–H and O–H groups in total. The fourth-order valence-electron chi connectivity index (χ4n) is 4.69. The van der Waals surface area contributed by atoms with Gasteiger partial charge < -0.3 is 9.52 Å². The molecular formula is C28H25F3N2O3. The molecule has 0 unspecified atom stereocenters. The van der Waals surface area contributed by atoms with Crippen molar-refractivity contribution in [2.24, 2.45) is 0 Å². The van der Waals surface area contributed by atoms with Gasteiger partial charge in [0.25, 0.3) is 0 Å². The van der Waals surface area contributed by atoms with Crippen LogP contribution in [0.1, 0.15) is 16.9 Å². The molecule has 4 aromatic rings. The molecule has 0 atom stereocenters. The maximum Gasteiger partial charge on any atom is 0.450 e. The topological polar surface area (TPSA) is 56.9 Å². The van der Waals surface area contributed by atoms with Crippen molar-refractivity contribution in [3.8, 4) is 16.9 Å². The number of piperazine rings is 1. The highest BCUT2D eigenvalue weighted by Crippen LogP contribution is 2.39. The summed E-state index contributed by atoms with van der Waals surface area (Å²) in [7, 11) is 0. The first-order valence-electron chi connectivity index (χ1n) is 11.7. The second kappa shape index (κ2) is 9.79. The number of phenols is 1. The Balaban J connectivity index is 1.47. The van der Waals surface area contributed by atoms with Crippen LogP contribution in [0.15, 0.2) is 82.0 Å². The maximum atomic E-state index is 14.0. The van der Waals surface area contributed by atoms with E-state index in [0.717, 1.165) is 19.6 Å². The van der Waals surface area contributed by atoms with Crippen LogP contribution < -0.4 is 5.43 Å². The molecule has 5 rings (SSSR count). The first-order chi connectivity index (χ1) is 17.3. The van der Waals surface area contributed by atoms with E-state index in [2.05, 4.69) is 17.0 Å². The van der Waals surface area contributed by atoms with Crippen molar-refractivity contribution in [1.29, 1.82) is 0 Å². The smallest absolute Gasteiger partial charge is 0.450 e. The molecule has 3 aromatic carbocycles. The van der Waals surface area contributed by atoms with Crippen molar-refractivity contribution in [2.45, 2.75) is 19.3 Å². The molecule has 0 radical (unpaired) electrons. The summed E-state index contributed by atoms with van der Waals surface area (Å²) < 4.78 is 47.6. The van der Waals surface area contributed by atoms with Crippen molar-refractivity contribution >= 4 is 11.0 Å². The normalized spacial score (nSPS) is 15.4. The fourth-order valence-corrected chi connectivity index (χ4v) is 4.69. The first kappa shape index (κ1) is 24.1. The number of halogens is 3. The van der Waals surface area contributed by atoms with E-state index in [0.29, 0.717) is 13.1 Å². The zero-order valence-corrected chi connectivity index (χ0v) is 19.5.